The van der Waals surface area contributed by atoms with Crippen LogP contribution in [0.3, 0.4) is 0 Å². The van der Waals surface area contributed by atoms with Crippen LogP contribution >= 0.6 is 0 Å². The lowest BCUT2D eigenvalue weighted by Gasteiger charge is -2.29. The lowest BCUT2D eigenvalue weighted by Crippen LogP contribution is -2.16. The third-order valence-corrected chi connectivity index (χ3v) is 15.5. The van der Waals surface area contributed by atoms with Gasteiger partial charge in [0.1, 0.15) is 0 Å². The molecule has 0 aromatic heterocycles. The summed E-state index contributed by atoms with van der Waals surface area (Å²) in [5, 5.41) is 2.53. The van der Waals surface area contributed by atoms with Gasteiger partial charge < -0.3 is 4.90 Å². The molecule has 1 heteroatoms. The molecule has 1 nitrogen and oxygen atoms in total. The topological polar surface area (TPSA) is 3.24 Å². The highest BCUT2D eigenvalue weighted by Gasteiger charge is 2.39. The zero-order valence-electron chi connectivity index (χ0n) is 38.0. The molecule has 65 heavy (non-hydrogen) atoms. The molecular weight excluding hydrogens is 783 g/mol. The minimum Gasteiger partial charge on any atom is -0.310 e. The van der Waals surface area contributed by atoms with E-state index >= 15 is 0 Å². The van der Waals surface area contributed by atoms with E-state index in [9.17, 15) is 0 Å². The Morgan fingerprint density at radius 2 is 0.969 bits per heavy atom. The molecule has 0 N–H and O–H groups in total. The number of nitrogens with zero attached hydrogens (tertiary/aromatic N) is 1. The minimum absolute atomic E-state index is 0.0159. The Hall–Kier alpha value is -6.96. The van der Waals surface area contributed by atoms with E-state index in [-0.39, 0.29) is 10.8 Å². The number of fused-ring (bicyclic) bond motifs is 7. The van der Waals surface area contributed by atoms with Crippen LogP contribution in [0.25, 0.3) is 66.4 Å². The highest BCUT2D eigenvalue weighted by Crippen LogP contribution is 2.55. The highest BCUT2D eigenvalue weighted by molar-refractivity contribution is 6.04. The average Bonchev–Trinajstić information content (AvgIpc) is 3.73. The first kappa shape index (κ1) is 39.6. The number of benzene rings is 9. The average molecular weight is 838 g/mol. The zero-order valence-corrected chi connectivity index (χ0v) is 38.0. The summed E-state index contributed by atoms with van der Waals surface area (Å²) in [6.45, 7) is 9.56. The summed E-state index contributed by atoms with van der Waals surface area (Å²) >= 11 is 0. The van der Waals surface area contributed by atoms with E-state index < -0.39 is 0 Å². The molecule has 0 saturated heterocycles. The fourth-order valence-corrected chi connectivity index (χ4v) is 12.0. The van der Waals surface area contributed by atoms with Gasteiger partial charge in [0, 0.05) is 27.9 Å². The highest BCUT2D eigenvalue weighted by atomic mass is 15.1. The molecule has 0 radical (unpaired) electrons. The molecule has 316 valence electrons. The Bertz CT molecular complexity index is 3270. The van der Waals surface area contributed by atoms with Gasteiger partial charge in [-0.1, -0.05) is 199 Å². The van der Waals surface area contributed by atoms with Gasteiger partial charge in [0.05, 0.1) is 0 Å². The summed E-state index contributed by atoms with van der Waals surface area (Å²) in [6, 6.07) is 73.5. The Morgan fingerprint density at radius 1 is 0.369 bits per heavy atom. The molecule has 0 spiro atoms. The van der Waals surface area contributed by atoms with Gasteiger partial charge in [-0.3, -0.25) is 0 Å². The second-order valence-electron chi connectivity index (χ2n) is 19.9. The molecular formula is C64H55N. The third-order valence-electron chi connectivity index (χ3n) is 15.5. The summed E-state index contributed by atoms with van der Waals surface area (Å²) in [5.74, 6) is 0.659. The first-order valence-corrected chi connectivity index (χ1v) is 23.9. The maximum Gasteiger partial charge on any atom is 0.0465 e. The molecule has 0 bridgehead atoms. The normalized spacial score (nSPS) is 15.6. The van der Waals surface area contributed by atoms with Gasteiger partial charge in [-0.05, 0) is 155 Å². The van der Waals surface area contributed by atoms with Crippen molar-refractivity contribution in [2.75, 3.05) is 4.90 Å². The monoisotopic (exact) mass is 837 g/mol. The Morgan fingerprint density at radius 3 is 1.77 bits per heavy atom. The maximum absolute atomic E-state index is 2.49. The third kappa shape index (κ3) is 6.42. The summed E-state index contributed by atoms with van der Waals surface area (Å²) in [4.78, 5) is 2.48. The Balaban J connectivity index is 0.969. The summed E-state index contributed by atoms with van der Waals surface area (Å²) in [7, 11) is 0. The SMILES string of the molecule is CC1(C)c2ccccc2-c2cc(-c3cccc4c3-c3ccc(N(c5ccc(-c6ccc7ccccc7c6-c6ccccc6)cc5)c5ccc(C6CCCCC6)cc5)cc3C4(C)C)ccc21. The second kappa shape index (κ2) is 15.3. The van der Waals surface area contributed by atoms with Crippen molar-refractivity contribution in [3.8, 4) is 55.6 Å². The van der Waals surface area contributed by atoms with E-state index in [0.29, 0.717) is 5.92 Å². The first-order chi connectivity index (χ1) is 31.8. The molecule has 0 heterocycles. The smallest absolute Gasteiger partial charge is 0.0465 e. The van der Waals surface area contributed by atoms with Crippen molar-refractivity contribution < 1.29 is 0 Å². The van der Waals surface area contributed by atoms with Gasteiger partial charge in [-0.25, -0.2) is 0 Å². The maximum atomic E-state index is 2.49. The predicted molar refractivity (Wildman–Crippen MR) is 276 cm³/mol. The van der Waals surface area contributed by atoms with Crippen molar-refractivity contribution >= 4 is 27.8 Å². The van der Waals surface area contributed by atoms with E-state index in [4.69, 9.17) is 0 Å². The van der Waals surface area contributed by atoms with Crippen LogP contribution in [0.4, 0.5) is 17.1 Å². The van der Waals surface area contributed by atoms with Crippen molar-refractivity contribution in [2.45, 2.75) is 76.5 Å². The van der Waals surface area contributed by atoms with Crippen LogP contribution in [-0.4, -0.2) is 0 Å². The summed E-state index contributed by atoms with van der Waals surface area (Å²) < 4.78 is 0. The molecule has 0 unspecified atom stereocenters. The van der Waals surface area contributed by atoms with Gasteiger partial charge in [0.25, 0.3) is 0 Å². The van der Waals surface area contributed by atoms with E-state index in [1.165, 1.54) is 138 Å². The van der Waals surface area contributed by atoms with Gasteiger partial charge in [0.15, 0.2) is 0 Å². The van der Waals surface area contributed by atoms with Crippen LogP contribution in [0.1, 0.15) is 93.5 Å². The van der Waals surface area contributed by atoms with E-state index in [2.05, 4.69) is 227 Å². The molecule has 3 aliphatic carbocycles. The van der Waals surface area contributed by atoms with Crippen LogP contribution in [0, 0.1) is 0 Å². The molecule has 0 aliphatic heterocycles. The molecule has 9 aromatic carbocycles. The number of hydrogen-bond acceptors (Lipinski definition) is 1. The molecule has 1 fully saturated rings. The molecule has 0 atom stereocenters. The van der Waals surface area contributed by atoms with Crippen molar-refractivity contribution in [2.24, 2.45) is 0 Å². The van der Waals surface area contributed by atoms with Gasteiger partial charge in [-0.15, -0.1) is 0 Å². The lowest BCUT2D eigenvalue weighted by molar-refractivity contribution is 0.443. The van der Waals surface area contributed by atoms with Crippen molar-refractivity contribution in [1.82, 2.24) is 0 Å². The van der Waals surface area contributed by atoms with E-state index in [1.54, 1.807) is 0 Å². The van der Waals surface area contributed by atoms with Crippen LogP contribution in [0.15, 0.2) is 194 Å². The number of rotatable bonds is 7. The van der Waals surface area contributed by atoms with E-state index in [0.717, 1.165) is 5.69 Å². The number of anilines is 3. The molecule has 0 amide bonds. The zero-order chi connectivity index (χ0) is 43.9. The first-order valence-electron chi connectivity index (χ1n) is 23.9. The van der Waals surface area contributed by atoms with E-state index in [1.807, 2.05) is 0 Å². The van der Waals surface area contributed by atoms with Crippen LogP contribution in [-0.2, 0) is 10.8 Å². The van der Waals surface area contributed by atoms with Gasteiger partial charge in [-0.2, -0.15) is 0 Å². The van der Waals surface area contributed by atoms with Gasteiger partial charge >= 0.3 is 0 Å². The summed E-state index contributed by atoms with van der Waals surface area (Å²) in [5.41, 5.74) is 23.3. The second-order valence-corrected chi connectivity index (χ2v) is 19.9. The minimum atomic E-state index is -0.188. The fourth-order valence-electron chi connectivity index (χ4n) is 12.0. The van der Waals surface area contributed by atoms with Crippen molar-refractivity contribution in [3.05, 3.63) is 222 Å². The predicted octanol–water partition coefficient (Wildman–Crippen LogP) is 18.0. The quantitative estimate of drug-likeness (QED) is 0.155. The fraction of sp³-hybridized carbons (Fsp3) is 0.188. The van der Waals surface area contributed by atoms with Crippen LogP contribution in [0.2, 0.25) is 0 Å². The van der Waals surface area contributed by atoms with Crippen LogP contribution in [0.5, 0.6) is 0 Å². The standard InChI is InChI=1S/C64H55N/c1-63(2)57-24-14-13-22-54(57)56-40-47(31-39-58(56)63)52-23-15-25-59-62(52)55-38-36-50(41-60(55)64(59,3)4)65(48-32-26-43(27-33-48)42-16-7-5-8-17-42)49-34-28-45(29-35-49)53-37-30-44-18-11-12-21-51(44)61(53)46-19-9-6-10-20-46/h6,9-15,18-42H,5,7-8,16-17H2,1-4H3. The van der Waals surface area contributed by atoms with Crippen molar-refractivity contribution in [3.63, 3.8) is 0 Å². The van der Waals surface area contributed by atoms with Gasteiger partial charge in [0.2, 0.25) is 0 Å². The van der Waals surface area contributed by atoms with Crippen molar-refractivity contribution in [1.29, 1.82) is 0 Å². The Kier molecular flexibility index (Phi) is 9.35. The lowest BCUT2D eigenvalue weighted by atomic mass is 9.81. The van der Waals surface area contributed by atoms with Crippen LogP contribution < -0.4 is 4.90 Å². The summed E-state index contributed by atoms with van der Waals surface area (Å²) in [6.07, 6.45) is 6.63. The molecule has 1 saturated carbocycles. The number of hydrogen-bond donors (Lipinski definition) is 0. The molecule has 3 aliphatic rings. The Labute approximate surface area is 385 Å². The largest absolute Gasteiger partial charge is 0.310 e. The molecule has 9 aromatic rings. The molecule has 12 rings (SSSR count).